The number of cyclic esters (lactones) is 1. The second-order valence-electron chi connectivity index (χ2n) is 8.15. The number of rotatable bonds is 1. The Kier molecular flexibility index (Phi) is 5.50. The number of aromatic nitrogens is 4. The number of ether oxygens (including phenoxy) is 3. The maximum absolute atomic E-state index is 12.5. The third-order valence-corrected chi connectivity index (χ3v) is 5.86. The van der Waals surface area contributed by atoms with E-state index < -0.39 is 6.09 Å². The number of nitrogens with one attached hydrogen (secondary N) is 1. The first-order valence-electron chi connectivity index (χ1n) is 10.9. The molecule has 31 heavy (non-hydrogen) atoms. The molecule has 0 aromatic carbocycles. The zero-order chi connectivity index (χ0) is 21.2. The molecule has 0 radical (unpaired) electrons. The Labute approximate surface area is 180 Å². The van der Waals surface area contributed by atoms with Crippen LogP contribution in [0.15, 0.2) is 36.8 Å². The van der Waals surface area contributed by atoms with Gasteiger partial charge in [0.15, 0.2) is 0 Å². The number of alkyl carbamates (subject to hydrolysis) is 1. The number of nitrogens with zero attached hydrogens (tertiary/aromatic N) is 4. The van der Waals surface area contributed by atoms with Crippen LogP contribution in [0, 0.1) is 0 Å². The molecular weight excluding hydrogens is 398 g/mol. The quantitative estimate of drug-likeness (QED) is 0.749. The highest BCUT2D eigenvalue weighted by Gasteiger charge is 2.26. The lowest BCUT2D eigenvalue weighted by atomic mass is 10.0. The third-order valence-electron chi connectivity index (χ3n) is 5.86. The van der Waals surface area contributed by atoms with Crippen molar-refractivity contribution < 1.29 is 19.0 Å². The molecule has 1 saturated heterocycles. The normalized spacial score (nSPS) is 25.1. The first-order chi connectivity index (χ1) is 15.2. The summed E-state index contributed by atoms with van der Waals surface area (Å²) in [5.74, 6) is 0.721. The minimum atomic E-state index is -0.456. The number of fused-ring (bicyclic) bond motifs is 4. The first-order valence-corrected chi connectivity index (χ1v) is 10.9. The van der Waals surface area contributed by atoms with Gasteiger partial charge in [0.25, 0.3) is 0 Å². The molecule has 0 aliphatic carbocycles. The Morgan fingerprint density at radius 2 is 2.10 bits per heavy atom. The van der Waals surface area contributed by atoms with Gasteiger partial charge in [-0.15, -0.1) is 0 Å². The summed E-state index contributed by atoms with van der Waals surface area (Å²) in [6.45, 7) is 3.39. The van der Waals surface area contributed by atoms with E-state index in [0.29, 0.717) is 13.0 Å². The predicted octanol–water partition coefficient (Wildman–Crippen LogP) is 3.69. The lowest BCUT2D eigenvalue weighted by Gasteiger charge is -2.24. The third kappa shape index (κ3) is 4.23. The molecule has 3 atom stereocenters. The van der Waals surface area contributed by atoms with Crippen molar-refractivity contribution in [1.29, 1.82) is 0 Å². The van der Waals surface area contributed by atoms with Gasteiger partial charge in [-0.1, -0.05) is 0 Å². The number of hydrogen-bond donors (Lipinski definition) is 1. The van der Waals surface area contributed by atoms with Gasteiger partial charge < -0.3 is 19.5 Å². The molecule has 1 amide bonds. The predicted molar refractivity (Wildman–Crippen MR) is 112 cm³/mol. The van der Waals surface area contributed by atoms with Gasteiger partial charge in [0, 0.05) is 36.5 Å². The van der Waals surface area contributed by atoms with Crippen molar-refractivity contribution >= 4 is 6.09 Å². The molecule has 164 valence electrons. The molecule has 1 fully saturated rings. The molecule has 3 aliphatic rings. The van der Waals surface area contributed by atoms with Gasteiger partial charge in [0.2, 0.25) is 0 Å². The van der Waals surface area contributed by atoms with Gasteiger partial charge in [-0.05, 0) is 44.4 Å². The van der Waals surface area contributed by atoms with Crippen LogP contribution in [0.1, 0.15) is 56.5 Å². The standard InChI is InChI=1S/C22H27N5O4/c1-15-14-31-22(28)24-19-7-10-29-17-5-4-8-26(20-6-2-3-9-30-20)25-21(18(19)11-17)16-12-23-27(15)13-16/h4-5,8,11-13,15,19-20H,2-3,6-7,9-10,14H2,1H3,(H,24,28). The molecular formula is C22H27N5O4. The van der Waals surface area contributed by atoms with Crippen molar-refractivity contribution in [3.63, 3.8) is 0 Å². The SMILES string of the molecule is CC1COC(=O)NC2CCOc3cccn(C4CCCCO4)nc(c2c3)-c2cnn1c2. The number of carbonyl (C=O) groups is 1. The molecule has 5 rings (SSSR count). The van der Waals surface area contributed by atoms with Crippen molar-refractivity contribution in [2.24, 2.45) is 0 Å². The van der Waals surface area contributed by atoms with E-state index in [2.05, 4.69) is 10.4 Å². The van der Waals surface area contributed by atoms with Crippen LogP contribution in [-0.4, -0.2) is 45.5 Å². The van der Waals surface area contributed by atoms with Gasteiger partial charge in [0.1, 0.15) is 18.6 Å². The fourth-order valence-electron chi connectivity index (χ4n) is 4.13. The molecule has 1 N–H and O–H groups in total. The van der Waals surface area contributed by atoms with Crippen LogP contribution in [0.4, 0.5) is 4.79 Å². The summed E-state index contributed by atoms with van der Waals surface area (Å²) < 4.78 is 21.1. The average molecular weight is 425 g/mol. The molecule has 9 heteroatoms. The fourth-order valence-corrected chi connectivity index (χ4v) is 4.13. The van der Waals surface area contributed by atoms with E-state index in [-0.39, 0.29) is 24.9 Å². The molecule has 0 spiro atoms. The summed E-state index contributed by atoms with van der Waals surface area (Å²) in [5, 5.41) is 12.6. The summed E-state index contributed by atoms with van der Waals surface area (Å²) >= 11 is 0. The van der Waals surface area contributed by atoms with Crippen LogP contribution in [0.5, 0.6) is 5.75 Å². The first kappa shape index (κ1) is 19.9. The van der Waals surface area contributed by atoms with Crippen LogP contribution >= 0.6 is 0 Å². The van der Waals surface area contributed by atoms with E-state index >= 15 is 0 Å². The Morgan fingerprint density at radius 3 is 2.97 bits per heavy atom. The summed E-state index contributed by atoms with van der Waals surface area (Å²) in [6.07, 6.45) is 8.75. The molecule has 2 aromatic rings. The molecule has 5 heterocycles. The smallest absolute Gasteiger partial charge is 0.407 e. The number of amides is 1. The van der Waals surface area contributed by atoms with E-state index in [1.807, 2.05) is 48.4 Å². The zero-order valence-electron chi connectivity index (χ0n) is 17.6. The van der Waals surface area contributed by atoms with Crippen molar-refractivity contribution in [1.82, 2.24) is 24.9 Å². The Balaban J connectivity index is 1.75. The van der Waals surface area contributed by atoms with E-state index in [1.165, 1.54) is 0 Å². The van der Waals surface area contributed by atoms with Gasteiger partial charge in [-0.25, -0.2) is 9.48 Å². The second-order valence-corrected chi connectivity index (χ2v) is 8.15. The van der Waals surface area contributed by atoms with Crippen LogP contribution in [0.3, 0.4) is 0 Å². The molecule has 4 bridgehead atoms. The minimum absolute atomic E-state index is 0.0928. The van der Waals surface area contributed by atoms with Crippen molar-refractivity contribution in [2.75, 3.05) is 19.8 Å². The van der Waals surface area contributed by atoms with Crippen molar-refractivity contribution in [3.8, 4) is 17.0 Å². The molecule has 2 aromatic heterocycles. The highest BCUT2D eigenvalue weighted by atomic mass is 16.5. The summed E-state index contributed by atoms with van der Waals surface area (Å²) in [4.78, 5) is 12.5. The molecule has 0 saturated carbocycles. The Bertz CT molecular complexity index is 1010. The van der Waals surface area contributed by atoms with Gasteiger partial charge >= 0.3 is 6.09 Å². The summed E-state index contributed by atoms with van der Waals surface area (Å²) in [7, 11) is 0. The summed E-state index contributed by atoms with van der Waals surface area (Å²) in [5.41, 5.74) is 2.47. The summed E-state index contributed by atoms with van der Waals surface area (Å²) in [6, 6.07) is 5.39. The van der Waals surface area contributed by atoms with Crippen molar-refractivity contribution in [2.45, 2.75) is 50.9 Å². The Hall–Kier alpha value is -3.07. The molecule has 3 unspecified atom stereocenters. The highest BCUT2D eigenvalue weighted by molar-refractivity contribution is 5.70. The maximum atomic E-state index is 12.5. The fraction of sp³-hybridized carbons (Fsp3) is 0.500. The van der Waals surface area contributed by atoms with Gasteiger partial charge in [-0.3, -0.25) is 4.68 Å². The highest BCUT2D eigenvalue weighted by Crippen LogP contribution is 2.33. The van der Waals surface area contributed by atoms with Gasteiger partial charge in [0.05, 0.1) is 30.6 Å². The topological polar surface area (TPSA) is 92.4 Å². The lowest BCUT2D eigenvalue weighted by Crippen LogP contribution is -2.31. The van der Waals surface area contributed by atoms with Gasteiger partial charge in [-0.2, -0.15) is 10.2 Å². The van der Waals surface area contributed by atoms with E-state index in [4.69, 9.17) is 19.3 Å². The minimum Gasteiger partial charge on any atom is -0.493 e. The van der Waals surface area contributed by atoms with Crippen LogP contribution in [0.2, 0.25) is 0 Å². The van der Waals surface area contributed by atoms with Crippen LogP contribution < -0.4 is 10.1 Å². The Morgan fingerprint density at radius 1 is 1.16 bits per heavy atom. The largest absolute Gasteiger partial charge is 0.493 e. The monoisotopic (exact) mass is 425 g/mol. The maximum Gasteiger partial charge on any atom is 0.407 e. The van der Waals surface area contributed by atoms with E-state index in [0.717, 1.165) is 48.4 Å². The number of hydrogen-bond acceptors (Lipinski definition) is 6. The van der Waals surface area contributed by atoms with E-state index in [9.17, 15) is 4.79 Å². The lowest BCUT2D eigenvalue weighted by molar-refractivity contribution is -0.0400. The van der Waals surface area contributed by atoms with Crippen molar-refractivity contribution in [3.05, 3.63) is 42.4 Å². The van der Waals surface area contributed by atoms with Crippen LogP contribution in [0.25, 0.3) is 11.3 Å². The van der Waals surface area contributed by atoms with Crippen LogP contribution in [-0.2, 0) is 9.47 Å². The molecule has 3 aliphatic heterocycles. The molecule has 9 nitrogen and oxygen atoms in total. The second kappa shape index (κ2) is 8.58. The van der Waals surface area contributed by atoms with E-state index in [1.54, 1.807) is 4.68 Å². The number of carbonyl (C=O) groups excluding carboxylic acids is 1. The zero-order valence-corrected chi connectivity index (χ0v) is 17.6. The average Bonchev–Trinajstić information content (AvgIpc) is 3.21.